The molecule has 0 aliphatic carbocycles. The minimum atomic E-state index is -2.00. The molecule has 0 N–H and O–H groups in total. The fourth-order valence-corrected chi connectivity index (χ4v) is 10.4. The summed E-state index contributed by atoms with van der Waals surface area (Å²) < 4.78 is 19.3. The van der Waals surface area contributed by atoms with Crippen LogP contribution in [-0.2, 0) is 23.2 Å². The Labute approximate surface area is 191 Å². The second-order valence-corrected chi connectivity index (χ2v) is 18.2. The van der Waals surface area contributed by atoms with Crippen LogP contribution < -0.4 is 0 Å². The van der Waals surface area contributed by atoms with E-state index in [0.29, 0.717) is 12.8 Å². The molecule has 0 bridgehead atoms. The van der Waals surface area contributed by atoms with Crippen LogP contribution in [0.4, 0.5) is 0 Å². The fourth-order valence-electron chi connectivity index (χ4n) is 4.38. The van der Waals surface area contributed by atoms with Crippen molar-refractivity contribution in [3.8, 4) is 0 Å². The molecule has 0 radical (unpaired) electrons. The number of cyclic esters (lactones) is 1. The first-order chi connectivity index (χ1) is 14.7. The summed E-state index contributed by atoms with van der Waals surface area (Å²) in [6.45, 7) is 15.3. The quantitative estimate of drug-likeness (QED) is 0.124. The maximum Gasteiger partial charge on any atom is 0.331 e. The normalized spacial score (nSPS) is 20.5. The van der Waals surface area contributed by atoms with Crippen LogP contribution in [0.2, 0.25) is 36.3 Å². The molecule has 0 aromatic rings. The van der Waals surface area contributed by atoms with Gasteiger partial charge in [-0.3, -0.25) is 0 Å². The Morgan fingerprint density at radius 3 is 2.06 bits per heavy atom. The van der Waals surface area contributed by atoms with Crippen molar-refractivity contribution in [2.45, 2.75) is 115 Å². The Hall–Kier alpha value is -1.03. The second kappa shape index (κ2) is 12.9. The largest absolute Gasteiger partial charge is 0.455 e. The first-order valence-electron chi connectivity index (χ1n) is 12.1. The van der Waals surface area contributed by atoms with Gasteiger partial charge in [-0.1, -0.05) is 53.7 Å². The van der Waals surface area contributed by atoms with E-state index in [0.717, 1.165) is 42.6 Å². The van der Waals surface area contributed by atoms with E-state index in [1.54, 1.807) is 0 Å². The van der Waals surface area contributed by atoms with Gasteiger partial charge in [0.05, 0.1) is 11.7 Å². The van der Waals surface area contributed by atoms with Crippen LogP contribution in [0.25, 0.3) is 0 Å². The molecule has 178 valence electrons. The van der Waals surface area contributed by atoms with Gasteiger partial charge in [0.15, 0.2) is 16.6 Å². The van der Waals surface area contributed by atoms with Crippen molar-refractivity contribution in [3.05, 3.63) is 24.3 Å². The monoisotopic (exact) mass is 468 g/mol. The van der Waals surface area contributed by atoms with Crippen LogP contribution in [0, 0.1) is 0 Å². The third-order valence-electron chi connectivity index (χ3n) is 7.18. The lowest BCUT2D eigenvalue weighted by Crippen LogP contribution is -2.55. The van der Waals surface area contributed by atoms with E-state index in [9.17, 15) is 9.59 Å². The first kappa shape index (κ1) is 28.0. The Bertz CT molecular complexity index is 609. The summed E-state index contributed by atoms with van der Waals surface area (Å²) in [5.74, 6) is -0.321. The molecule has 1 heterocycles. The van der Waals surface area contributed by atoms with E-state index in [1.807, 2.05) is 18.2 Å². The number of esters is 1. The highest BCUT2D eigenvalue weighted by atomic mass is 28.4. The maximum absolute atomic E-state index is 11.7. The van der Waals surface area contributed by atoms with Gasteiger partial charge in [0, 0.05) is 18.9 Å². The Balaban J connectivity index is 3.39. The summed E-state index contributed by atoms with van der Waals surface area (Å²) >= 11 is 0. The average molecular weight is 469 g/mol. The molecule has 0 fully saturated rings. The number of hydrogen-bond donors (Lipinski definition) is 0. The molecule has 0 aromatic carbocycles. The van der Waals surface area contributed by atoms with Gasteiger partial charge in [-0.15, -0.1) is 0 Å². The minimum absolute atomic E-state index is 0.293. The lowest BCUT2D eigenvalue weighted by molar-refractivity contribution is -0.141. The van der Waals surface area contributed by atoms with E-state index in [4.69, 9.17) is 13.6 Å². The smallest absolute Gasteiger partial charge is 0.331 e. The molecule has 0 unspecified atom stereocenters. The first-order valence-corrected chi connectivity index (χ1v) is 17.1. The van der Waals surface area contributed by atoms with Crippen molar-refractivity contribution in [1.82, 2.24) is 0 Å². The van der Waals surface area contributed by atoms with Gasteiger partial charge in [-0.05, 0) is 49.3 Å². The molecule has 31 heavy (non-hydrogen) atoms. The lowest BCUT2D eigenvalue weighted by Gasteiger charge is -2.46. The predicted molar refractivity (Wildman–Crippen MR) is 132 cm³/mol. The molecule has 0 saturated heterocycles. The zero-order chi connectivity index (χ0) is 23.5. The van der Waals surface area contributed by atoms with Gasteiger partial charge < -0.3 is 18.4 Å². The molecule has 0 spiro atoms. The van der Waals surface area contributed by atoms with Crippen LogP contribution >= 0.6 is 0 Å². The van der Waals surface area contributed by atoms with Gasteiger partial charge >= 0.3 is 5.97 Å². The van der Waals surface area contributed by atoms with Gasteiger partial charge in [-0.2, -0.15) is 0 Å². The van der Waals surface area contributed by atoms with Crippen molar-refractivity contribution in [2.24, 2.45) is 0 Å². The summed E-state index contributed by atoms with van der Waals surface area (Å²) in [7, 11) is -3.97. The van der Waals surface area contributed by atoms with Crippen molar-refractivity contribution in [1.29, 1.82) is 0 Å². The van der Waals surface area contributed by atoms with Crippen LogP contribution in [0.3, 0.4) is 0 Å². The Morgan fingerprint density at radius 1 is 1.06 bits per heavy atom. The topological polar surface area (TPSA) is 61.8 Å². The zero-order valence-electron chi connectivity index (χ0n) is 20.7. The predicted octanol–water partition coefficient (Wildman–Crippen LogP) is 6.17. The van der Waals surface area contributed by atoms with E-state index in [-0.39, 0.29) is 18.2 Å². The van der Waals surface area contributed by atoms with Crippen molar-refractivity contribution >= 4 is 28.9 Å². The number of rotatable bonds is 15. The molecule has 1 aliphatic heterocycles. The van der Waals surface area contributed by atoms with Crippen LogP contribution in [0.1, 0.15) is 61.3 Å². The number of hydrogen-bond acceptors (Lipinski definition) is 5. The highest BCUT2D eigenvalue weighted by molar-refractivity contribution is 6.74. The highest BCUT2D eigenvalue weighted by Gasteiger charge is 2.45. The SMILES string of the molecule is CC[Si](CC)(CC)O[C@H](CC=O)[C@@](C)(/C=C/[C@H]1CC=CC(=O)O1)O[Si](CC)(CC)CC. The number of aldehydes is 1. The fraction of sp³-hybridized carbons (Fsp3) is 0.750. The van der Waals surface area contributed by atoms with Gasteiger partial charge in [0.25, 0.3) is 0 Å². The number of carbonyl (C=O) groups excluding carboxylic acids is 2. The van der Waals surface area contributed by atoms with Gasteiger partial charge in [-0.25, -0.2) is 4.79 Å². The molecule has 7 heteroatoms. The van der Waals surface area contributed by atoms with Gasteiger partial charge in [0.1, 0.15) is 12.4 Å². The molecular weight excluding hydrogens is 424 g/mol. The molecule has 1 aliphatic rings. The molecule has 5 nitrogen and oxygen atoms in total. The molecular formula is C24H44O5Si2. The zero-order valence-corrected chi connectivity index (χ0v) is 22.7. The van der Waals surface area contributed by atoms with Crippen LogP contribution in [-0.4, -0.2) is 46.7 Å². The summed E-state index contributed by atoms with van der Waals surface area (Å²) in [5.41, 5.74) is -0.750. The standard InChI is InChI=1S/C24H44O5Si2/c1-8-30(9-2,10-3)28-22(18-20-25)24(7,29-31(11-4,12-5)13-6)19-17-21-15-14-16-23(26)27-21/h14,16-17,19-22H,8-13,15,18H2,1-7H3/b19-17+/t21-,22-,24-/m1/s1. The van der Waals surface area contributed by atoms with Crippen molar-refractivity contribution < 1.29 is 23.2 Å². The van der Waals surface area contributed by atoms with E-state index >= 15 is 0 Å². The highest BCUT2D eigenvalue weighted by Crippen LogP contribution is 2.36. The molecule has 0 amide bonds. The molecule has 1 rings (SSSR count). The summed E-state index contributed by atoms with van der Waals surface area (Å²) in [4.78, 5) is 23.4. The molecule has 3 atom stereocenters. The third-order valence-corrected chi connectivity index (χ3v) is 16.6. The van der Waals surface area contributed by atoms with Crippen LogP contribution in [0.15, 0.2) is 24.3 Å². The van der Waals surface area contributed by atoms with Crippen molar-refractivity contribution in [3.63, 3.8) is 0 Å². The second-order valence-electron chi connectivity index (χ2n) is 8.75. The van der Waals surface area contributed by atoms with E-state index in [2.05, 4.69) is 48.5 Å². The summed E-state index contributed by atoms with van der Waals surface area (Å²) in [5, 5.41) is 0. The number of ether oxygens (including phenoxy) is 1. The minimum Gasteiger partial charge on any atom is -0.455 e. The van der Waals surface area contributed by atoms with Crippen molar-refractivity contribution in [2.75, 3.05) is 0 Å². The van der Waals surface area contributed by atoms with E-state index in [1.165, 1.54) is 6.08 Å². The Morgan fingerprint density at radius 2 is 1.61 bits per heavy atom. The molecule has 0 saturated carbocycles. The number of carbonyl (C=O) groups is 2. The van der Waals surface area contributed by atoms with Crippen LogP contribution in [0.5, 0.6) is 0 Å². The maximum atomic E-state index is 11.7. The van der Waals surface area contributed by atoms with Gasteiger partial charge in [0.2, 0.25) is 0 Å². The Kier molecular flexibility index (Phi) is 11.6. The lowest BCUT2D eigenvalue weighted by atomic mass is 9.95. The summed E-state index contributed by atoms with van der Waals surface area (Å²) in [6.07, 6.45) is 8.47. The molecule has 0 aromatic heterocycles. The average Bonchev–Trinajstić information content (AvgIpc) is 2.79. The van der Waals surface area contributed by atoms with E-state index < -0.39 is 22.2 Å². The summed E-state index contributed by atoms with van der Waals surface area (Å²) in [6, 6.07) is 6.07. The third kappa shape index (κ3) is 7.51.